The summed E-state index contributed by atoms with van der Waals surface area (Å²) in [6.07, 6.45) is 0. The van der Waals surface area contributed by atoms with Crippen molar-refractivity contribution in [3.05, 3.63) is 47.7 Å². The van der Waals surface area contributed by atoms with Gasteiger partial charge in [0.25, 0.3) is 0 Å². The Morgan fingerprint density at radius 1 is 1.35 bits per heavy atom. The first kappa shape index (κ1) is 14.3. The number of likely N-dealkylation sites (N-methyl/N-ethyl adjacent to an activating group) is 1. The predicted octanol–water partition coefficient (Wildman–Crippen LogP) is 2.44. The van der Waals surface area contributed by atoms with Crippen LogP contribution in [0.1, 0.15) is 18.2 Å². The van der Waals surface area contributed by atoms with E-state index in [0.29, 0.717) is 18.1 Å². The molecule has 0 unspecified atom stereocenters. The van der Waals surface area contributed by atoms with E-state index in [1.54, 1.807) is 13.0 Å². The second-order valence-electron chi connectivity index (χ2n) is 4.66. The van der Waals surface area contributed by atoms with Crippen LogP contribution in [0.25, 0.3) is 0 Å². The number of aromatic nitrogens is 1. The van der Waals surface area contributed by atoms with Gasteiger partial charge in [-0.15, -0.1) is 0 Å². The molecule has 1 amide bonds. The smallest absolute Gasteiger partial charge is 0.239 e. The molecule has 2 aromatic rings. The Hall–Kier alpha value is -2.14. The average Bonchev–Trinajstić information content (AvgIpc) is 2.84. The molecule has 0 aliphatic carbocycles. The van der Waals surface area contributed by atoms with E-state index in [1.807, 2.05) is 25.1 Å². The fourth-order valence-electron chi connectivity index (χ4n) is 1.93. The van der Waals surface area contributed by atoms with E-state index in [4.69, 9.17) is 4.52 Å². The lowest BCUT2D eigenvalue weighted by Gasteiger charge is -2.19. The quantitative estimate of drug-likeness (QED) is 0.878. The van der Waals surface area contributed by atoms with Crippen LogP contribution in [0.2, 0.25) is 0 Å². The highest BCUT2D eigenvalue weighted by atomic mass is 16.5. The summed E-state index contributed by atoms with van der Waals surface area (Å²) in [5.74, 6) is 1.05. The highest BCUT2D eigenvalue weighted by Crippen LogP contribution is 2.08. The summed E-state index contributed by atoms with van der Waals surface area (Å²) in [4.78, 5) is 14.0. The van der Waals surface area contributed by atoms with Crippen molar-refractivity contribution in [2.75, 3.05) is 18.4 Å². The zero-order valence-corrected chi connectivity index (χ0v) is 11.8. The number of nitrogens with one attached hydrogen (secondary N) is 1. The number of hydrogen-bond donors (Lipinski definition) is 1. The normalized spacial score (nSPS) is 10.8. The molecule has 1 heterocycles. The Bertz CT molecular complexity index is 551. The van der Waals surface area contributed by atoms with Crippen LogP contribution in [0, 0.1) is 6.92 Å². The Labute approximate surface area is 118 Å². The Balaban J connectivity index is 1.88. The molecule has 0 spiro atoms. The third-order valence-electron chi connectivity index (χ3n) is 2.96. The molecule has 5 heteroatoms. The molecule has 20 heavy (non-hydrogen) atoms. The van der Waals surface area contributed by atoms with E-state index in [0.717, 1.165) is 13.1 Å². The van der Waals surface area contributed by atoms with Crippen molar-refractivity contribution in [3.8, 4) is 0 Å². The number of rotatable bonds is 6. The first-order chi connectivity index (χ1) is 9.67. The van der Waals surface area contributed by atoms with Gasteiger partial charge in [0, 0.05) is 12.6 Å². The molecule has 0 atom stereocenters. The number of anilines is 1. The molecule has 1 aromatic carbocycles. The summed E-state index contributed by atoms with van der Waals surface area (Å²) in [6.45, 7) is 5.72. The van der Waals surface area contributed by atoms with Gasteiger partial charge >= 0.3 is 0 Å². The monoisotopic (exact) mass is 273 g/mol. The molecule has 1 N–H and O–H groups in total. The van der Waals surface area contributed by atoms with E-state index in [9.17, 15) is 4.79 Å². The number of aryl methyl sites for hydroxylation is 1. The van der Waals surface area contributed by atoms with E-state index in [2.05, 4.69) is 27.5 Å². The second-order valence-corrected chi connectivity index (χ2v) is 4.66. The topological polar surface area (TPSA) is 58.4 Å². The number of carbonyl (C=O) groups excluding carboxylic acids is 1. The molecular weight excluding hydrogens is 254 g/mol. The maximum atomic E-state index is 11.9. The highest BCUT2D eigenvalue weighted by molar-refractivity contribution is 5.91. The fourth-order valence-corrected chi connectivity index (χ4v) is 1.93. The van der Waals surface area contributed by atoms with Crippen LogP contribution in [0.5, 0.6) is 0 Å². The fraction of sp³-hybridized carbons (Fsp3) is 0.333. The largest absolute Gasteiger partial charge is 0.360 e. The maximum Gasteiger partial charge on any atom is 0.239 e. The lowest BCUT2D eigenvalue weighted by atomic mass is 10.2. The molecule has 1 aromatic heterocycles. The zero-order chi connectivity index (χ0) is 14.4. The van der Waals surface area contributed by atoms with Crippen molar-refractivity contribution in [3.63, 3.8) is 0 Å². The van der Waals surface area contributed by atoms with Crippen molar-refractivity contribution in [1.29, 1.82) is 0 Å². The van der Waals surface area contributed by atoms with Crippen LogP contribution in [0.4, 0.5) is 5.82 Å². The first-order valence-electron chi connectivity index (χ1n) is 6.67. The molecule has 0 saturated heterocycles. The summed E-state index contributed by atoms with van der Waals surface area (Å²) in [5, 5.41) is 6.48. The summed E-state index contributed by atoms with van der Waals surface area (Å²) >= 11 is 0. The van der Waals surface area contributed by atoms with E-state index < -0.39 is 0 Å². The van der Waals surface area contributed by atoms with Gasteiger partial charge in [-0.1, -0.05) is 42.4 Å². The third kappa shape index (κ3) is 4.20. The average molecular weight is 273 g/mol. The third-order valence-corrected chi connectivity index (χ3v) is 2.96. The van der Waals surface area contributed by atoms with Gasteiger partial charge in [-0.2, -0.15) is 0 Å². The minimum Gasteiger partial charge on any atom is -0.360 e. The van der Waals surface area contributed by atoms with Crippen LogP contribution in [-0.4, -0.2) is 29.1 Å². The molecule has 2 rings (SSSR count). The van der Waals surface area contributed by atoms with E-state index in [-0.39, 0.29) is 5.91 Å². The predicted molar refractivity (Wildman–Crippen MR) is 77.3 cm³/mol. The van der Waals surface area contributed by atoms with Crippen molar-refractivity contribution in [2.24, 2.45) is 0 Å². The Morgan fingerprint density at radius 3 is 2.70 bits per heavy atom. The van der Waals surface area contributed by atoms with Crippen LogP contribution in [0.15, 0.2) is 40.9 Å². The summed E-state index contributed by atoms with van der Waals surface area (Å²) in [5.41, 5.74) is 1.19. The lowest BCUT2D eigenvalue weighted by molar-refractivity contribution is -0.117. The summed E-state index contributed by atoms with van der Waals surface area (Å²) < 4.78 is 4.91. The Kier molecular flexibility index (Phi) is 4.90. The minimum absolute atomic E-state index is 0.0870. The van der Waals surface area contributed by atoms with Gasteiger partial charge in [-0.25, -0.2) is 0 Å². The van der Waals surface area contributed by atoms with Crippen molar-refractivity contribution in [2.45, 2.75) is 20.4 Å². The number of hydrogen-bond acceptors (Lipinski definition) is 4. The molecule has 0 aliphatic heterocycles. The molecule has 0 radical (unpaired) electrons. The van der Waals surface area contributed by atoms with Crippen LogP contribution >= 0.6 is 0 Å². The van der Waals surface area contributed by atoms with E-state index >= 15 is 0 Å². The molecule has 0 fully saturated rings. The molecular formula is C15H19N3O2. The first-order valence-corrected chi connectivity index (χ1v) is 6.67. The van der Waals surface area contributed by atoms with Gasteiger partial charge in [0.05, 0.1) is 6.54 Å². The molecule has 0 saturated carbocycles. The van der Waals surface area contributed by atoms with Crippen LogP contribution < -0.4 is 5.32 Å². The van der Waals surface area contributed by atoms with Gasteiger partial charge in [0.2, 0.25) is 5.91 Å². The maximum absolute atomic E-state index is 11.9. The van der Waals surface area contributed by atoms with Crippen molar-refractivity contribution >= 4 is 11.7 Å². The highest BCUT2D eigenvalue weighted by Gasteiger charge is 2.11. The van der Waals surface area contributed by atoms with Gasteiger partial charge < -0.3 is 9.84 Å². The zero-order valence-electron chi connectivity index (χ0n) is 11.8. The number of benzene rings is 1. The van der Waals surface area contributed by atoms with Gasteiger partial charge in [-0.05, 0) is 19.0 Å². The van der Waals surface area contributed by atoms with Crippen molar-refractivity contribution in [1.82, 2.24) is 10.1 Å². The van der Waals surface area contributed by atoms with E-state index in [1.165, 1.54) is 5.56 Å². The molecule has 5 nitrogen and oxygen atoms in total. The lowest BCUT2D eigenvalue weighted by Crippen LogP contribution is -2.32. The number of nitrogens with zero attached hydrogens (tertiary/aromatic N) is 2. The number of amides is 1. The molecule has 0 aliphatic rings. The standard InChI is InChI=1S/C15H19N3O2/c1-3-18(10-13-7-5-4-6-8-13)11-15(19)16-14-9-12(2)20-17-14/h4-9H,3,10-11H2,1-2H3,(H,16,17,19). The van der Waals surface area contributed by atoms with Gasteiger partial charge in [0.15, 0.2) is 5.82 Å². The van der Waals surface area contributed by atoms with Crippen molar-refractivity contribution < 1.29 is 9.32 Å². The summed E-state index contributed by atoms with van der Waals surface area (Å²) in [6, 6.07) is 11.8. The second kappa shape index (κ2) is 6.86. The van der Waals surface area contributed by atoms with Gasteiger partial charge in [0.1, 0.15) is 5.76 Å². The Morgan fingerprint density at radius 2 is 2.10 bits per heavy atom. The van der Waals surface area contributed by atoms with Crippen LogP contribution in [0.3, 0.4) is 0 Å². The van der Waals surface area contributed by atoms with Crippen LogP contribution in [-0.2, 0) is 11.3 Å². The minimum atomic E-state index is -0.0870. The number of carbonyl (C=O) groups is 1. The summed E-state index contributed by atoms with van der Waals surface area (Å²) in [7, 11) is 0. The molecule has 106 valence electrons. The van der Waals surface area contributed by atoms with Gasteiger partial charge in [-0.3, -0.25) is 9.69 Å². The molecule has 0 bridgehead atoms. The SMILES string of the molecule is CCN(CC(=O)Nc1cc(C)on1)Cc1ccccc1.